The molecule has 0 radical (unpaired) electrons. The molecule has 1 aromatic carbocycles. The lowest BCUT2D eigenvalue weighted by molar-refractivity contribution is 0.183. The predicted molar refractivity (Wildman–Crippen MR) is 66.2 cm³/mol. The third-order valence-corrected chi connectivity index (χ3v) is 3.64. The van der Waals surface area contributed by atoms with Crippen LogP contribution in [0.4, 0.5) is 0 Å². The van der Waals surface area contributed by atoms with Crippen LogP contribution >= 0.6 is 0 Å². The fourth-order valence-electron chi connectivity index (χ4n) is 2.61. The number of benzene rings is 1. The monoisotopic (exact) mass is 233 g/mol. The number of ether oxygens (including phenoxy) is 2. The van der Waals surface area contributed by atoms with Crippen molar-refractivity contribution in [2.45, 2.75) is 18.9 Å². The van der Waals surface area contributed by atoms with E-state index in [1.54, 1.807) is 0 Å². The van der Waals surface area contributed by atoms with Crippen LogP contribution in [0.15, 0.2) is 24.3 Å². The summed E-state index contributed by atoms with van der Waals surface area (Å²) in [7, 11) is 0. The first-order valence-corrected chi connectivity index (χ1v) is 6.46. The topological polar surface area (TPSA) is 30.5 Å². The van der Waals surface area contributed by atoms with Gasteiger partial charge in [-0.05, 0) is 18.4 Å². The molecule has 0 bridgehead atoms. The van der Waals surface area contributed by atoms with Gasteiger partial charge in [-0.2, -0.15) is 0 Å². The van der Waals surface area contributed by atoms with Crippen molar-refractivity contribution in [3.05, 3.63) is 29.8 Å². The molecule has 2 aliphatic heterocycles. The van der Waals surface area contributed by atoms with Gasteiger partial charge in [-0.1, -0.05) is 18.2 Å². The van der Waals surface area contributed by atoms with Crippen LogP contribution in [0.5, 0.6) is 5.75 Å². The second-order valence-corrected chi connectivity index (χ2v) is 4.87. The molecule has 1 fully saturated rings. The molecule has 17 heavy (non-hydrogen) atoms. The molecule has 0 saturated carbocycles. The van der Waals surface area contributed by atoms with Gasteiger partial charge in [0.25, 0.3) is 0 Å². The van der Waals surface area contributed by atoms with E-state index < -0.39 is 0 Å². The second kappa shape index (κ2) is 5.07. The Labute approximate surface area is 102 Å². The van der Waals surface area contributed by atoms with Gasteiger partial charge in [-0.3, -0.25) is 0 Å². The summed E-state index contributed by atoms with van der Waals surface area (Å²) >= 11 is 0. The van der Waals surface area contributed by atoms with Gasteiger partial charge in [0.15, 0.2) is 0 Å². The maximum atomic E-state index is 5.66. The van der Waals surface area contributed by atoms with Gasteiger partial charge < -0.3 is 14.8 Å². The Morgan fingerprint density at radius 3 is 3.00 bits per heavy atom. The summed E-state index contributed by atoms with van der Waals surface area (Å²) in [5, 5.41) is 3.66. The summed E-state index contributed by atoms with van der Waals surface area (Å²) in [5.41, 5.74) is 1.30. The van der Waals surface area contributed by atoms with Crippen LogP contribution in [0.3, 0.4) is 0 Å². The maximum Gasteiger partial charge on any atom is 0.124 e. The molecule has 3 rings (SSSR count). The highest BCUT2D eigenvalue weighted by molar-refractivity contribution is 5.37. The van der Waals surface area contributed by atoms with E-state index in [4.69, 9.17) is 9.47 Å². The van der Waals surface area contributed by atoms with Crippen molar-refractivity contribution in [1.82, 2.24) is 5.32 Å². The van der Waals surface area contributed by atoms with Crippen molar-refractivity contribution in [1.29, 1.82) is 0 Å². The summed E-state index contributed by atoms with van der Waals surface area (Å²) in [5.74, 6) is 1.73. The lowest BCUT2D eigenvalue weighted by Gasteiger charge is -2.27. The SMILES string of the molecule is c1ccc2c(c1)OCC[C@H]2NC[C@@H]1CCOC1. The van der Waals surface area contributed by atoms with Crippen LogP contribution in [-0.4, -0.2) is 26.4 Å². The van der Waals surface area contributed by atoms with Gasteiger partial charge in [0, 0.05) is 31.2 Å². The highest BCUT2D eigenvalue weighted by Gasteiger charge is 2.22. The van der Waals surface area contributed by atoms with Gasteiger partial charge in [0.2, 0.25) is 0 Å². The molecule has 2 aliphatic rings. The molecular formula is C14H19NO2. The van der Waals surface area contributed by atoms with Crippen LogP contribution in [0.1, 0.15) is 24.4 Å². The average molecular weight is 233 g/mol. The molecule has 1 aromatic rings. The molecule has 2 atom stereocenters. The van der Waals surface area contributed by atoms with Crippen molar-refractivity contribution in [2.24, 2.45) is 5.92 Å². The number of para-hydroxylation sites is 1. The first kappa shape index (κ1) is 11.1. The minimum Gasteiger partial charge on any atom is -0.493 e. The van der Waals surface area contributed by atoms with Crippen molar-refractivity contribution in [2.75, 3.05) is 26.4 Å². The minimum atomic E-state index is 0.445. The fraction of sp³-hybridized carbons (Fsp3) is 0.571. The molecule has 3 heteroatoms. The van der Waals surface area contributed by atoms with E-state index in [9.17, 15) is 0 Å². The van der Waals surface area contributed by atoms with E-state index in [0.29, 0.717) is 12.0 Å². The zero-order chi connectivity index (χ0) is 11.5. The number of fused-ring (bicyclic) bond motifs is 1. The van der Waals surface area contributed by atoms with E-state index in [-0.39, 0.29) is 0 Å². The average Bonchev–Trinajstić information content (AvgIpc) is 2.89. The molecular weight excluding hydrogens is 214 g/mol. The third-order valence-electron chi connectivity index (χ3n) is 3.64. The summed E-state index contributed by atoms with van der Waals surface area (Å²) in [4.78, 5) is 0. The maximum absolute atomic E-state index is 5.66. The highest BCUT2D eigenvalue weighted by atomic mass is 16.5. The predicted octanol–water partition coefficient (Wildman–Crippen LogP) is 2.14. The summed E-state index contributed by atoms with van der Waals surface area (Å²) in [6, 6.07) is 8.78. The molecule has 92 valence electrons. The van der Waals surface area contributed by atoms with E-state index in [0.717, 1.165) is 38.5 Å². The van der Waals surface area contributed by atoms with Gasteiger partial charge in [-0.15, -0.1) is 0 Å². The summed E-state index contributed by atoms with van der Waals surface area (Å²) in [6.45, 7) is 3.71. The largest absolute Gasteiger partial charge is 0.493 e. The third kappa shape index (κ3) is 2.45. The Morgan fingerprint density at radius 1 is 1.18 bits per heavy atom. The van der Waals surface area contributed by atoms with E-state index in [1.807, 2.05) is 6.07 Å². The van der Waals surface area contributed by atoms with Crippen molar-refractivity contribution < 1.29 is 9.47 Å². The van der Waals surface area contributed by atoms with Gasteiger partial charge in [0.1, 0.15) is 5.75 Å². The van der Waals surface area contributed by atoms with E-state index in [2.05, 4.69) is 23.5 Å². The molecule has 0 unspecified atom stereocenters. The van der Waals surface area contributed by atoms with Crippen molar-refractivity contribution in [3.8, 4) is 5.75 Å². The zero-order valence-electron chi connectivity index (χ0n) is 10.0. The van der Waals surface area contributed by atoms with E-state index >= 15 is 0 Å². The van der Waals surface area contributed by atoms with Crippen LogP contribution in [-0.2, 0) is 4.74 Å². The Hall–Kier alpha value is -1.06. The molecule has 0 spiro atoms. The number of nitrogens with one attached hydrogen (secondary N) is 1. The number of rotatable bonds is 3. The molecule has 1 saturated heterocycles. The Kier molecular flexibility index (Phi) is 3.29. The van der Waals surface area contributed by atoms with Crippen molar-refractivity contribution in [3.63, 3.8) is 0 Å². The number of hydrogen-bond acceptors (Lipinski definition) is 3. The van der Waals surface area contributed by atoms with Crippen LogP contribution < -0.4 is 10.1 Å². The van der Waals surface area contributed by atoms with Gasteiger partial charge in [-0.25, -0.2) is 0 Å². The second-order valence-electron chi connectivity index (χ2n) is 4.87. The molecule has 0 amide bonds. The molecule has 3 nitrogen and oxygen atoms in total. The normalized spacial score (nSPS) is 27.5. The number of hydrogen-bond donors (Lipinski definition) is 1. The lowest BCUT2D eigenvalue weighted by atomic mass is 9.99. The van der Waals surface area contributed by atoms with Crippen molar-refractivity contribution >= 4 is 0 Å². The fourth-order valence-corrected chi connectivity index (χ4v) is 2.61. The molecule has 2 heterocycles. The van der Waals surface area contributed by atoms with Crippen LogP contribution in [0, 0.1) is 5.92 Å². The quantitative estimate of drug-likeness (QED) is 0.867. The summed E-state index contributed by atoms with van der Waals surface area (Å²) < 4.78 is 11.1. The minimum absolute atomic E-state index is 0.445. The smallest absolute Gasteiger partial charge is 0.124 e. The highest BCUT2D eigenvalue weighted by Crippen LogP contribution is 2.31. The van der Waals surface area contributed by atoms with Crippen LogP contribution in [0.2, 0.25) is 0 Å². The first-order chi connectivity index (χ1) is 8.43. The molecule has 0 aliphatic carbocycles. The molecule has 1 N–H and O–H groups in total. The zero-order valence-corrected chi connectivity index (χ0v) is 10.0. The lowest BCUT2D eigenvalue weighted by Crippen LogP contribution is -2.31. The van der Waals surface area contributed by atoms with Crippen LogP contribution in [0.25, 0.3) is 0 Å². The Morgan fingerprint density at radius 2 is 2.12 bits per heavy atom. The molecule has 0 aromatic heterocycles. The van der Waals surface area contributed by atoms with Gasteiger partial charge in [0.05, 0.1) is 13.2 Å². The Balaban J connectivity index is 1.64. The first-order valence-electron chi connectivity index (χ1n) is 6.46. The summed E-state index contributed by atoms with van der Waals surface area (Å²) in [6.07, 6.45) is 2.25. The van der Waals surface area contributed by atoms with E-state index in [1.165, 1.54) is 12.0 Å². The van der Waals surface area contributed by atoms with Gasteiger partial charge >= 0.3 is 0 Å². The standard InChI is InChI=1S/C14H19NO2/c1-2-4-14-12(3-1)13(6-8-17-14)15-9-11-5-7-16-10-11/h1-4,11,13,15H,5-10H2/t11-,13+/m0/s1. The Bertz CT molecular complexity index is 374.